The van der Waals surface area contributed by atoms with Crippen LogP contribution in [-0.4, -0.2) is 37.0 Å². The summed E-state index contributed by atoms with van der Waals surface area (Å²) in [4.78, 5) is 14.6. The Balaban J connectivity index is 1.74. The van der Waals surface area contributed by atoms with E-state index in [4.69, 9.17) is 0 Å². The predicted molar refractivity (Wildman–Crippen MR) is 88.2 cm³/mol. The van der Waals surface area contributed by atoms with Crippen molar-refractivity contribution in [2.45, 2.75) is 65.7 Å². The number of amides is 1. The van der Waals surface area contributed by atoms with Crippen LogP contribution in [0.3, 0.4) is 0 Å². The van der Waals surface area contributed by atoms with Crippen molar-refractivity contribution in [2.24, 2.45) is 17.3 Å². The van der Waals surface area contributed by atoms with Crippen molar-refractivity contribution in [1.82, 2.24) is 10.2 Å². The molecule has 2 aliphatic rings. The average molecular weight is 294 g/mol. The van der Waals surface area contributed by atoms with Gasteiger partial charge in [0.2, 0.25) is 5.91 Å². The summed E-state index contributed by atoms with van der Waals surface area (Å²) in [6.45, 7) is 11.3. The fourth-order valence-corrected chi connectivity index (χ4v) is 3.87. The van der Waals surface area contributed by atoms with Crippen LogP contribution in [0.2, 0.25) is 0 Å². The van der Waals surface area contributed by atoms with Crippen LogP contribution >= 0.6 is 0 Å². The van der Waals surface area contributed by atoms with Gasteiger partial charge in [-0.3, -0.25) is 4.79 Å². The molecule has 0 aromatic rings. The number of nitrogens with one attached hydrogen (secondary N) is 1. The first-order valence-corrected chi connectivity index (χ1v) is 8.95. The van der Waals surface area contributed by atoms with Crippen LogP contribution in [0.1, 0.15) is 65.7 Å². The Morgan fingerprint density at radius 2 is 1.81 bits per heavy atom. The fourth-order valence-electron chi connectivity index (χ4n) is 3.87. The van der Waals surface area contributed by atoms with Gasteiger partial charge in [-0.25, -0.2) is 0 Å². The second-order valence-electron chi connectivity index (χ2n) is 8.11. The molecule has 0 aromatic heterocycles. The molecule has 1 atom stereocenters. The molecular formula is C18H34N2O. The quantitative estimate of drug-likeness (QED) is 0.865. The van der Waals surface area contributed by atoms with Crippen LogP contribution in [0.5, 0.6) is 0 Å². The molecule has 122 valence electrons. The normalized spacial score (nSPS) is 25.7. The number of piperidine rings is 1. The Bertz CT molecular complexity index is 329. The van der Waals surface area contributed by atoms with E-state index in [1.54, 1.807) is 0 Å². The van der Waals surface area contributed by atoms with Gasteiger partial charge in [0, 0.05) is 19.5 Å². The summed E-state index contributed by atoms with van der Waals surface area (Å²) in [6.07, 6.45) is 8.01. The summed E-state index contributed by atoms with van der Waals surface area (Å²) >= 11 is 0. The second-order valence-corrected chi connectivity index (χ2v) is 8.11. The zero-order valence-electron chi connectivity index (χ0n) is 14.3. The number of hydrogen-bond acceptors (Lipinski definition) is 2. The lowest BCUT2D eigenvalue weighted by atomic mass is 9.77. The van der Waals surface area contributed by atoms with Crippen LogP contribution in [0.4, 0.5) is 0 Å². The monoisotopic (exact) mass is 294 g/mol. The first-order valence-electron chi connectivity index (χ1n) is 8.95. The largest absolute Gasteiger partial charge is 0.343 e. The van der Waals surface area contributed by atoms with Crippen molar-refractivity contribution in [3.8, 4) is 0 Å². The second kappa shape index (κ2) is 7.62. The molecule has 0 spiro atoms. The third-order valence-electron chi connectivity index (χ3n) is 5.53. The van der Waals surface area contributed by atoms with E-state index in [-0.39, 0.29) is 0 Å². The van der Waals surface area contributed by atoms with Gasteiger partial charge in [-0.05, 0) is 68.9 Å². The standard InChI is InChI=1S/C18H34N2O/c1-18(2,3)16-5-4-13-20(14-10-16)17(21)7-6-15-8-11-19-12-9-15/h15-16,19H,4-14H2,1-3H3. The van der Waals surface area contributed by atoms with E-state index in [1.807, 2.05) is 0 Å². The van der Waals surface area contributed by atoms with E-state index in [9.17, 15) is 4.79 Å². The topological polar surface area (TPSA) is 32.3 Å². The molecular weight excluding hydrogens is 260 g/mol. The van der Waals surface area contributed by atoms with Crippen LogP contribution in [0.25, 0.3) is 0 Å². The lowest BCUT2D eigenvalue weighted by Gasteiger charge is -2.30. The molecule has 0 bridgehead atoms. The first kappa shape index (κ1) is 16.8. The maximum absolute atomic E-state index is 12.5. The summed E-state index contributed by atoms with van der Waals surface area (Å²) in [6, 6.07) is 0. The molecule has 2 fully saturated rings. The molecule has 0 saturated carbocycles. The molecule has 1 N–H and O–H groups in total. The third-order valence-corrected chi connectivity index (χ3v) is 5.53. The third kappa shape index (κ3) is 5.28. The van der Waals surface area contributed by atoms with Crippen molar-refractivity contribution in [1.29, 1.82) is 0 Å². The van der Waals surface area contributed by atoms with E-state index in [0.29, 0.717) is 11.3 Å². The van der Waals surface area contributed by atoms with E-state index in [2.05, 4.69) is 31.0 Å². The first-order chi connectivity index (χ1) is 9.97. The van der Waals surface area contributed by atoms with Crippen LogP contribution in [-0.2, 0) is 4.79 Å². The van der Waals surface area contributed by atoms with Gasteiger partial charge in [0.15, 0.2) is 0 Å². The summed E-state index contributed by atoms with van der Waals surface area (Å²) in [5.41, 5.74) is 0.383. The SMILES string of the molecule is CC(C)(C)C1CCCN(C(=O)CCC2CCNCC2)CC1. The van der Waals surface area contributed by atoms with E-state index < -0.39 is 0 Å². The molecule has 2 aliphatic heterocycles. The summed E-state index contributed by atoms with van der Waals surface area (Å²) in [5, 5.41) is 3.40. The number of nitrogens with zero attached hydrogens (tertiary/aromatic N) is 1. The lowest BCUT2D eigenvalue weighted by Crippen LogP contribution is -2.33. The Morgan fingerprint density at radius 3 is 2.48 bits per heavy atom. The fraction of sp³-hybridized carbons (Fsp3) is 0.944. The smallest absolute Gasteiger partial charge is 0.222 e. The molecule has 2 saturated heterocycles. The molecule has 3 nitrogen and oxygen atoms in total. The Hall–Kier alpha value is -0.570. The zero-order chi connectivity index (χ0) is 15.3. The van der Waals surface area contributed by atoms with Gasteiger partial charge in [0.25, 0.3) is 0 Å². The van der Waals surface area contributed by atoms with Gasteiger partial charge in [0.05, 0.1) is 0 Å². The lowest BCUT2D eigenvalue weighted by molar-refractivity contribution is -0.131. The van der Waals surface area contributed by atoms with Gasteiger partial charge < -0.3 is 10.2 Å². The van der Waals surface area contributed by atoms with E-state index in [1.165, 1.54) is 32.1 Å². The van der Waals surface area contributed by atoms with Gasteiger partial charge in [0.1, 0.15) is 0 Å². The molecule has 21 heavy (non-hydrogen) atoms. The number of carbonyl (C=O) groups is 1. The summed E-state index contributed by atoms with van der Waals surface area (Å²) < 4.78 is 0. The van der Waals surface area contributed by atoms with Crippen LogP contribution in [0, 0.1) is 17.3 Å². The summed E-state index contributed by atoms with van der Waals surface area (Å²) in [5.74, 6) is 1.94. The zero-order valence-corrected chi connectivity index (χ0v) is 14.3. The number of rotatable bonds is 3. The highest BCUT2D eigenvalue weighted by Crippen LogP contribution is 2.34. The highest BCUT2D eigenvalue weighted by Gasteiger charge is 2.28. The van der Waals surface area contributed by atoms with Crippen molar-refractivity contribution >= 4 is 5.91 Å². The molecule has 0 radical (unpaired) electrons. The van der Waals surface area contributed by atoms with Crippen molar-refractivity contribution in [3.63, 3.8) is 0 Å². The van der Waals surface area contributed by atoms with Gasteiger partial charge >= 0.3 is 0 Å². The average Bonchev–Trinajstić information content (AvgIpc) is 2.71. The Kier molecular flexibility index (Phi) is 6.09. The van der Waals surface area contributed by atoms with E-state index in [0.717, 1.165) is 50.9 Å². The number of carbonyl (C=O) groups excluding carboxylic acids is 1. The van der Waals surface area contributed by atoms with Crippen LogP contribution < -0.4 is 5.32 Å². The highest BCUT2D eigenvalue weighted by atomic mass is 16.2. The van der Waals surface area contributed by atoms with Crippen molar-refractivity contribution < 1.29 is 4.79 Å². The molecule has 3 heteroatoms. The predicted octanol–water partition coefficient (Wildman–Crippen LogP) is 3.44. The molecule has 1 unspecified atom stereocenters. The Labute approximate surface area is 130 Å². The minimum absolute atomic E-state index is 0.383. The molecule has 0 aliphatic carbocycles. The molecule has 2 rings (SSSR count). The molecule has 2 heterocycles. The van der Waals surface area contributed by atoms with Gasteiger partial charge in [-0.1, -0.05) is 20.8 Å². The van der Waals surface area contributed by atoms with Crippen LogP contribution in [0.15, 0.2) is 0 Å². The van der Waals surface area contributed by atoms with Crippen molar-refractivity contribution in [2.75, 3.05) is 26.2 Å². The van der Waals surface area contributed by atoms with Gasteiger partial charge in [-0.2, -0.15) is 0 Å². The van der Waals surface area contributed by atoms with E-state index >= 15 is 0 Å². The Morgan fingerprint density at radius 1 is 1.10 bits per heavy atom. The maximum atomic E-state index is 12.5. The molecule has 0 aromatic carbocycles. The van der Waals surface area contributed by atoms with Crippen molar-refractivity contribution in [3.05, 3.63) is 0 Å². The summed E-state index contributed by atoms with van der Waals surface area (Å²) in [7, 11) is 0. The minimum atomic E-state index is 0.383. The van der Waals surface area contributed by atoms with Gasteiger partial charge in [-0.15, -0.1) is 0 Å². The maximum Gasteiger partial charge on any atom is 0.222 e. The molecule has 1 amide bonds. The minimum Gasteiger partial charge on any atom is -0.343 e. The highest BCUT2D eigenvalue weighted by molar-refractivity contribution is 5.76. The number of likely N-dealkylation sites (tertiary alicyclic amines) is 1. The number of hydrogen-bond donors (Lipinski definition) is 1.